The van der Waals surface area contributed by atoms with Gasteiger partial charge in [0.1, 0.15) is 5.75 Å². The van der Waals surface area contributed by atoms with Gasteiger partial charge in [0.05, 0.1) is 13.7 Å². The summed E-state index contributed by atoms with van der Waals surface area (Å²) >= 11 is 0. The molecule has 0 saturated heterocycles. The highest BCUT2D eigenvalue weighted by molar-refractivity contribution is 6.02. The molecule has 0 atom stereocenters. The lowest BCUT2D eigenvalue weighted by molar-refractivity contribution is -0.114. The Morgan fingerprint density at radius 1 is 1.00 bits per heavy atom. The second kappa shape index (κ2) is 8.98. The van der Waals surface area contributed by atoms with Crippen molar-refractivity contribution in [3.63, 3.8) is 0 Å². The third kappa shape index (κ3) is 5.41. The number of benzene rings is 2. The highest BCUT2D eigenvalue weighted by Gasteiger charge is 2.14. The van der Waals surface area contributed by atoms with Crippen LogP contribution in [0.2, 0.25) is 0 Å². The van der Waals surface area contributed by atoms with Crippen molar-refractivity contribution >= 4 is 23.3 Å². The second-order valence-corrected chi connectivity index (χ2v) is 6.48. The highest BCUT2D eigenvalue weighted by Crippen LogP contribution is 2.27. The van der Waals surface area contributed by atoms with E-state index >= 15 is 0 Å². The molecule has 6 heteroatoms. The van der Waals surface area contributed by atoms with Crippen LogP contribution in [-0.2, 0) is 4.79 Å². The largest absolute Gasteiger partial charge is 0.496 e. The van der Waals surface area contributed by atoms with E-state index in [0.717, 1.165) is 11.3 Å². The molecule has 142 valence electrons. The Bertz CT molecular complexity index is 842. The molecule has 0 aliphatic heterocycles. The average Bonchev–Trinajstić information content (AvgIpc) is 2.65. The van der Waals surface area contributed by atoms with E-state index in [-0.39, 0.29) is 30.1 Å². The molecule has 0 saturated carbocycles. The number of nitrogens with one attached hydrogen (secondary N) is 2. The Balaban J connectivity index is 2.01. The minimum atomic E-state index is -0.352. The molecule has 2 amide bonds. The molecular formula is C21H24N2O4. The summed E-state index contributed by atoms with van der Waals surface area (Å²) in [4.78, 5) is 35.7. The molecule has 6 nitrogen and oxygen atoms in total. The molecule has 0 spiro atoms. The number of carbonyl (C=O) groups is 3. The van der Waals surface area contributed by atoms with Crippen LogP contribution in [0.15, 0.2) is 42.5 Å². The van der Waals surface area contributed by atoms with Gasteiger partial charge < -0.3 is 15.4 Å². The molecular weight excluding hydrogens is 344 g/mol. The van der Waals surface area contributed by atoms with Crippen molar-refractivity contribution < 1.29 is 19.1 Å². The van der Waals surface area contributed by atoms with Crippen molar-refractivity contribution in [1.82, 2.24) is 5.32 Å². The maximum absolute atomic E-state index is 12.4. The molecule has 0 bridgehead atoms. The van der Waals surface area contributed by atoms with Gasteiger partial charge in [-0.25, -0.2) is 0 Å². The zero-order valence-electron chi connectivity index (χ0n) is 16.0. The number of ether oxygens (including phenoxy) is 1. The van der Waals surface area contributed by atoms with Gasteiger partial charge in [0.25, 0.3) is 5.91 Å². The van der Waals surface area contributed by atoms with Crippen LogP contribution in [0.4, 0.5) is 5.69 Å². The lowest BCUT2D eigenvalue weighted by atomic mass is 9.98. The molecule has 0 aliphatic carbocycles. The summed E-state index contributed by atoms with van der Waals surface area (Å²) in [5.74, 6) is 0.241. The van der Waals surface area contributed by atoms with Gasteiger partial charge in [0.2, 0.25) is 5.91 Å². The number of carbonyl (C=O) groups excluding carboxylic acids is 3. The first-order valence-corrected chi connectivity index (χ1v) is 8.68. The molecule has 0 aliphatic rings. The van der Waals surface area contributed by atoms with E-state index in [4.69, 9.17) is 4.74 Å². The SMILES string of the molecule is COc1ccc(C(=O)CNC(=O)c2ccc(NC(C)=O)cc2)cc1C(C)C. The minimum Gasteiger partial charge on any atom is -0.496 e. The molecule has 0 radical (unpaired) electrons. The number of Topliss-reactive ketones (excluding diaryl/α,β-unsaturated/α-hetero) is 1. The predicted molar refractivity (Wildman–Crippen MR) is 104 cm³/mol. The van der Waals surface area contributed by atoms with Gasteiger partial charge in [-0.3, -0.25) is 14.4 Å². The van der Waals surface area contributed by atoms with E-state index in [0.29, 0.717) is 16.8 Å². The maximum Gasteiger partial charge on any atom is 0.251 e. The summed E-state index contributed by atoms with van der Waals surface area (Å²) in [7, 11) is 1.60. The topological polar surface area (TPSA) is 84.5 Å². The van der Waals surface area contributed by atoms with Gasteiger partial charge in [-0.1, -0.05) is 13.8 Å². The van der Waals surface area contributed by atoms with Crippen LogP contribution >= 0.6 is 0 Å². The van der Waals surface area contributed by atoms with E-state index in [1.807, 2.05) is 13.8 Å². The van der Waals surface area contributed by atoms with Crippen LogP contribution in [-0.4, -0.2) is 31.3 Å². The fourth-order valence-corrected chi connectivity index (χ4v) is 2.63. The quantitative estimate of drug-likeness (QED) is 0.734. The zero-order chi connectivity index (χ0) is 20.0. The van der Waals surface area contributed by atoms with Gasteiger partial charge in [0.15, 0.2) is 5.78 Å². The Morgan fingerprint density at radius 2 is 1.63 bits per heavy atom. The van der Waals surface area contributed by atoms with Crippen LogP contribution in [0, 0.1) is 0 Å². The number of methoxy groups -OCH3 is 1. The number of rotatable bonds is 7. The Labute approximate surface area is 158 Å². The monoisotopic (exact) mass is 368 g/mol. The van der Waals surface area contributed by atoms with Crippen LogP contribution in [0.5, 0.6) is 5.75 Å². The number of ketones is 1. The first-order valence-electron chi connectivity index (χ1n) is 8.68. The predicted octanol–water partition coefficient (Wildman–Crippen LogP) is 3.39. The van der Waals surface area contributed by atoms with Crippen molar-refractivity contribution in [1.29, 1.82) is 0 Å². The zero-order valence-corrected chi connectivity index (χ0v) is 16.0. The van der Waals surface area contributed by atoms with E-state index in [1.54, 1.807) is 49.6 Å². The van der Waals surface area contributed by atoms with E-state index in [1.165, 1.54) is 6.92 Å². The average molecular weight is 368 g/mol. The summed E-state index contributed by atoms with van der Waals surface area (Å²) < 4.78 is 5.32. The van der Waals surface area contributed by atoms with Gasteiger partial charge in [0, 0.05) is 23.7 Å². The Hall–Kier alpha value is -3.15. The normalized spacial score (nSPS) is 10.4. The van der Waals surface area contributed by atoms with Crippen molar-refractivity contribution in [2.24, 2.45) is 0 Å². The van der Waals surface area contributed by atoms with Gasteiger partial charge >= 0.3 is 0 Å². The third-order valence-corrected chi connectivity index (χ3v) is 4.05. The van der Waals surface area contributed by atoms with Crippen LogP contribution < -0.4 is 15.4 Å². The molecule has 27 heavy (non-hydrogen) atoms. The standard InChI is InChI=1S/C21H24N2O4/c1-13(2)18-11-16(7-10-20(18)27-4)19(25)12-22-21(26)15-5-8-17(9-6-15)23-14(3)24/h5-11,13H,12H2,1-4H3,(H,22,26)(H,23,24). The van der Waals surface area contributed by atoms with E-state index in [2.05, 4.69) is 10.6 Å². The smallest absolute Gasteiger partial charge is 0.251 e. The lowest BCUT2D eigenvalue weighted by Crippen LogP contribution is -2.29. The molecule has 0 fully saturated rings. The van der Waals surface area contributed by atoms with Crippen LogP contribution in [0.25, 0.3) is 0 Å². The summed E-state index contributed by atoms with van der Waals surface area (Å²) in [6, 6.07) is 11.7. The molecule has 0 unspecified atom stereocenters. The van der Waals surface area contributed by atoms with Gasteiger partial charge in [-0.2, -0.15) is 0 Å². The Kier molecular flexibility index (Phi) is 6.71. The van der Waals surface area contributed by atoms with Gasteiger partial charge in [-0.05, 0) is 53.9 Å². The maximum atomic E-state index is 12.4. The van der Waals surface area contributed by atoms with Crippen LogP contribution in [0.3, 0.4) is 0 Å². The lowest BCUT2D eigenvalue weighted by Gasteiger charge is -2.13. The number of anilines is 1. The summed E-state index contributed by atoms with van der Waals surface area (Å²) in [6.07, 6.45) is 0. The van der Waals surface area contributed by atoms with Gasteiger partial charge in [-0.15, -0.1) is 0 Å². The Morgan fingerprint density at radius 3 is 2.19 bits per heavy atom. The summed E-state index contributed by atoms with van der Waals surface area (Å²) in [6.45, 7) is 5.36. The fraction of sp³-hybridized carbons (Fsp3) is 0.286. The van der Waals surface area contributed by atoms with Crippen molar-refractivity contribution in [3.8, 4) is 5.75 Å². The molecule has 0 aromatic heterocycles. The van der Waals surface area contributed by atoms with Crippen molar-refractivity contribution in [2.75, 3.05) is 19.0 Å². The molecule has 2 rings (SSSR count). The van der Waals surface area contributed by atoms with Crippen molar-refractivity contribution in [3.05, 3.63) is 59.2 Å². The highest BCUT2D eigenvalue weighted by atomic mass is 16.5. The number of hydrogen-bond acceptors (Lipinski definition) is 4. The third-order valence-electron chi connectivity index (χ3n) is 4.05. The van der Waals surface area contributed by atoms with Crippen LogP contribution in [0.1, 0.15) is 53.0 Å². The fourth-order valence-electron chi connectivity index (χ4n) is 2.63. The van der Waals surface area contributed by atoms with Crippen molar-refractivity contribution in [2.45, 2.75) is 26.7 Å². The van der Waals surface area contributed by atoms with E-state index in [9.17, 15) is 14.4 Å². The molecule has 2 aromatic rings. The second-order valence-electron chi connectivity index (χ2n) is 6.48. The van der Waals surface area contributed by atoms with E-state index < -0.39 is 0 Å². The number of amides is 2. The summed E-state index contributed by atoms with van der Waals surface area (Å²) in [5, 5.41) is 5.26. The summed E-state index contributed by atoms with van der Waals surface area (Å²) in [5.41, 5.74) is 2.49. The molecule has 2 N–H and O–H groups in total. The minimum absolute atomic E-state index is 0.101. The number of hydrogen-bond donors (Lipinski definition) is 2. The molecule has 0 heterocycles. The first-order chi connectivity index (χ1) is 12.8. The molecule has 2 aromatic carbocycles. The first kappa shape index (κ1) is 20.2.